The topological polar surface area (TPSA) is 81.1 Å². The van der Waals surface area contributed by atoms with Gasteiger partial charge in [-0.15, -0.1) is 0 Å². The van der Waals surface area contributed by atoms with E-state index in [1.54, 1.807) is 4.90 Å². The van der Waals surface area contributed by atoms with Crippen molar-refractivity contribution >= 4 is 11.9 Å². The number of hydrogen-bond acceptors (Lipinski definition) is 4. The molecule has 1 aliphatic rings. The maximum atomic E-state index is 12.1. The number of carbonyl (C=O) groups is 2. The van der Waals surface area contributed by atoms with Crippen LogP contribution in [-0.4, -0.2) is 70.7 Å². The number of aliphatic hydroxyl groups is 1. The van der Waals surface area contributed by atoms with E-state index >= 15 is 0 Å². The van der Waals surface area contributed by atoms with Gasteiger partial charge in [-0.3, -0.25) is 14.5 Å². The summed E-state index contributed by atoms with van der Waals surface area (Å²) in [6.45, 7) is 3.96. The average Bonchev–Trinajstić information content (AvgIpc) is 2.90. The molecule has 1 fully saturated rings. The molecule has 0 aromatic rings. The van der Waals surface area contributed by atoms with Gasteiger partial charge in [-0.1, -0.05) is 6.92 Å². The fourth-order valence-corrected chi connectivity index (χ4v) is 2.37. The quantitative estimate of drug-likeness (QED) is 0.657. The van der Waals surface area contributed by atoms with Crippen LogP contribution in [0.15, 0.2) is 0 Å². The molecule has 0 aromatic heterocycles. The van der Waals surface area contributed by atoms with E-state index in [1.165, 1.54) is 0 Å². The number of rotatable bonds is 8. The van der Waals surface area contributed by atoms with Crippen LogP contribution >= 0.6 is 0 Å². The molecule has 0 aromatic carbocycles. The molecule has 0 aliphatic carbocycles. The summed E-state index contributed by atoms with van der Waals surface area (Å²) in [5.74, 6) is -0.846. The number of likely N-dealkylation sites (tertiary alicyclic amines) is 1. The summed E-state index contributed by atoms with van der Waals surface area (Å²) in [4.78, 5) is 26.4. The van der Waals surface area contributed by atoms with Crippen molar-refractivity contribution in [3.63, 3.8) is 0 Å². The molecule has 1 atom stereocenters. The average molecular weight is 272 g/mol. The van der Waals surface area contributed by atoms with Crippen molar-refractivity contribution in [1.29, 1.82) is 0 Å². The van der Waals surface area contributed by atoms with Gasteiger partial charge in [-0.25, -0.2) is 0 Å². The number of amides is 1. The largest absolute Gasteiger partial charge is 0.481 e. The molecule has 6 heteroatoms. The van der Waals surface area contributed by atoms with E-state index in [2.05, 4.69) is 0 Å². The second-order valence-electron chi connectivity index (χ2n) is 4.95. The van der Waals surface area contributed by atoms with Crippen LogP contribution in [0.1, 0.15) is 32.6 Å². The third-order valence-electron chi connectivity index (χ3n) is 3.61. The van der Waals surface area contributed by atoms with Gasteiger partial charge in [-0.05, 0) is 19.3 Å². The SMILES string of the molecule is CCC(CO)N(CCC(=O)O)CC(=O)N1CCCC1. The van der Waals surface area contributed by atoms with Gasteiger partial charge >= 0.3 is 5.97 Å². The van der Waals surface area contributed by atoms with Crippen LogP contribution in [0.5, 0.6) is 0 Å². The third-order valence-corrected chi connectivity index (χ3v) is 3.61. The van der Waals surface area contributed by atoms with Gasteiger partial charge in [-0.2, -0.15) is 0 Å². The minimum Gasteiger partial charge on any atom is -0.481 e. The van der Waals surface area contributed by atoms with E-state index in [1.807, 2.05) is 11.8 Å². The molecule has 2 N–H and O–H groups in total. The van der Waals surface area contributed by atoms with Crippen molar-refractivity contribution in [2.75, 3.05) is 32.8 Å². The first-order valence-corrected chi connectivity index (χ1v) is 6.93. The van der Waals surface area contributed by atoms with Crippen molar-refractivity contribution in [1.82, 2.24) is 9.80 Å². The van der Waals surface area contributed by atoms with Crippen LogP contribution < -0.4 is 0 Å². The summed E-state index contributed by atoms with van der Waals surface area (Å²) >= 11 is 0. The number of nitrogens with zero attached hydrogens (tertiary/aromatic N) is 2. The molecule has 1 rings (SSSR count). The smallest absolute Gasteiger partial charge is 0.304 e. The predicted molar refractivity (Wildman–Crippen MR) is 70.8 cm³/mol. The molecule has 0 radical (unpaired) electrons. The Balaban J connectivity index is 2.55. The van der Waals surface area contributed by atoms with Gasteiger partial charge in [0.15, 0.2) is 0 Å². The molecule has 1 saturated heterocycles. The first-order valence-electron chi connectivity index (χ1n) is 6.93. The van der Waals surface area contributed by atoms with Crippen molar-refractivity contribution < 1.29 is 19.8 Å². The number of aliphatic hydroxyl groups excluding tert-OH is 1. The van der Waals surface area contributed by atoms with E-state index in [0.29, 0.717) is 13.0 Å². The van der Waals surface area contributed by atoms with E-state index in [0.717, 1.165) is 25.9 Å². The predicted octanol–water partition coefficient (Wildman–Crippen LogP) is 0.156. The lowest BCUT2D eigenvalue weighted by molar-refractivity contribution is -0.139. The Morgan fingerprint density at radius 3 is 2.42 bits per heavy atom. The van der Waals surface area contributed by atoms with E-state index in [-0.39, 0.29) is 31.5 Å². The zero-order valence-electron chi connectivity index (χ0n) is 11.5. The molecule has 1 aliphatic heterocycles. The number of aliphatic carboxylic acids is 1. The standard InChI is InChI=1S/C13H24N2O4/c1-2-11(10-16)15(8-5-13(18)19)9-12(17)14-6-3-4-7-14/h11,16H,2-10H2,1H3,(H,18,19). The van der Waals surface area contributed by atoms with Crippen LogP contribution in [0.3, 0.4) is 0 Å². The molecule has 0 spiro atoms. The van der Waals surface area contributed by atoms with Crippen molar-refractivity contribution in [2.24, 2.45) is 0 Å². The number of hydrogen-bond donors (Lipinski definition) is 2. The van der Waals surface area contributed by atoms with E-state index in [9.17, 15) is 14.7 Å². The first-order chi connectivity index (χ1) is 9.08. The summed E-state index contributed by atoms with van der Waals surface area (Å²) in [7, 11) is 0. The van der Waals surface area contributed by atoms with Crippen LogP contribution in [0.25, 0.3) is 0 Å². The van der Waals surface area contributed by atoms with Crippen LogP contribution in [-0.2, 0) is 9.59 Å². The lowest BCUT2D eigenvalue weighted by Crippen LogP contribution is -2.46. The van der Waals surface area contributed by atoms with Gasteiger partial charge in [0.25, 0.3) is 0 Å². The van der Waals surface area contributed by atoms with E-state index < -0.39 is 5.97 Å². The van der Waals surface area contributed by atoms with Gasteiger partial charge in [0.1, 0.15) is 0 Å². The van der Waals surface area contributed by atoms with Crippen molar-refractivity contribution in [3.8, 4) is 0 Å². The summed E-state index contributed by atoms with van der Waals surface area (Å²) in [6, 6.07) is -0.147. The normalized spacial score (nSPS) is 16.9. The summed E-state index contributed by atoms with van der Waals surface area (Å²) in [6.07, 6.45) is 2.77. The highest BCUT2D eigenvalue weighted by Gasteiger charge is 2.24. The van der Waals surface area contributed by atoms with Crippen molar-refractivity contribution in [3.05, 3.63) is 0 Å². The number of carboxylic acid groups (broad SMARTS) is 1. The highest BCUT2D eigenvalue weighted by molar-refractivity contribution is 5.78. The van der Waals surface area contributed by atoms with E-state index in [4.69, 9.17) is 5.11 Å². The summed E-state index contributed by atoms with van der Waals surface area (Å²) in [5.41, 5.74) is 0. The molecule has 1 unspecified atom stereocenters. The number of carbonyl (C=O) groups excluding carboxylic acids is 1. The Kier molecular flexibility index (Phi) is 6.80. The molecule has 1 heterocycles. The fourth-order valence-electron chi connectivity index (χ4n) is 2.37. The second-order valence-corrected chi connectivity index (χ2v) is 4.95. The minimum absolute atomic E-state index is 0.0101. The minimum atomic E-state index is -0.883. The summed E-state index contributed by atoms with van der Waals surface area (Å²) in [5, 5.41) is 18.1. The monoisotopic (exact) mass is 272 g/mol. The lowest BCUT2D eigenvalue weighted by Gasteiger charge is -2.30. The molecule has 6 nitrogen and oxygen atoms in total. The molecule has 19 heavy (non-hydrogen) atoms. The van der Waals surface area contributed by atoms with Gasteiger partial charge in [0.2, 0.25) is 5.91 Å². The highest BCUT2D eigenvalue weighted by Crippen LogP contribution is 2.11. The Bertz CT molecular complexity index is 299. The lowest BCUT2D eigenvalue weighted by atomic mass is 10.2. The maximum Gasteiger partial charge on any atom is 0.304 e. The van der Waals surface area contributed by atoms with Gasteiger partial charge < -0.3 is 15.1 Å². The molecular weight excluding hydrogens is 248 g/mol. The highest BCUT2D eigenvalue weighted by atomic mass is 16.4. The van der Waals surface area contributed by atoms with Crippen LogP contribution in [0.2, 0.25) is 0 Å². The molecule has 1 amide bonds. The number of carboxylic acids is 1. The zero-order chi connectivity index (χ0) is 14.3. The first kappa shape index (κ1) is 15.9. The third kappa shape index (κ3) is 5.16. The van der Waals surface area contributed by atoms with Crippen LogP contribution in [0.4, 0.5) is 0 Å². The van der Waals surface area contributed by atoms with Gasteiger partial charge in [0.05, 0.1) is 19.6 Å². The molecule has 110 valence electrons. The Labute approximate surface area is 114 Å². The van der Waals surface area contributed by atoms with Crippen LogP contribution in [0, 0.1) is 0 Å². The van der Waals surface area contributed by atoms with Crippen molar-refractivity contribution in [2.45, 2.75) is 38.6 Å². The molecule has 0 saturated carbocycles. The second kappa shape index (κ2) is 8.12. The van der Waals surface area contributed by atoms with Gasteiger partial charge in [0, 0.05) is 25.7 Å². The Morgan fingerprint density at radius 2 is 1.95 bits per heavy atom. The Hall–Kier alpha value is -1.14. The summed E-state index contributed by atoms with van der Waals surface area (Å²) < 4.78 is 0. The Morgan fingerprint density at radius 1 is 1.32 bits per heavy atom. The maximum absolute atomic E-state index is 12.1. The molecule has 0 bridgehead atoms. The molecular formula is C13H24N2O4. The fraction of sp³-hybridized carbons (Fsp3) is 0.846. The zero-order valence-corrected chi connectivity index (χ0v) is 11.5.